The molecule has 3 heterocycles. The molecule has 15 atom stereocenters. The highest BCUT2D eigenvalue weighted by molar-refractivity contribution is 5.93. The topological polar surface area (TPSA) is 244 Å². The summed E-state index contributed by atoms with van der Waals surface area (Å²) >= 11 is 0. The van der Waals surface area contributed by atoms with Gasteiger partial charge in [-0.3, -0.25) is 29.0 Å². The summed E-state index contributed by atoms with van der Waals surface area (Å²) in [5.74, 6) is -6.54. The summed E-state index contributed by atoms with van der Waals surface area (Å²) < 4.78 is 20.7. The van der Waals surface area contributed by atoms with E-state index >= 15 is 0 Å². The lowest BCUT2D eigenvalue weighted by atomic mass is 9.72. The number of benzene rings is 1. The van der Waals surface area contributed by atoms with Crippen LogP contribution in [0.15, 0.2) is 72.4 Å². The number of nitrogens with one attached hydrogen (secondary N) is 4. The number of fused-ring (bicyclic) bond motifs is 2. The quantitative estimate of drug-likeness (QED) is 0.0524. The number of carbonyl (C=O) groups is 6. The highest BCUT2D eigenvalue weighted by atomic mass is 19.1. The molecule has 16 nitrogen and oxygen atoms in total. The maximum atomic E-state index is 14.5. The van der Waals surface area contributed by atoms with Crippen molar-refractivity contribution in [2.75, 3.05) is 6.54 Å². The maximum absolute atomic E-state index is 14.5. The Balaban J connectivity index is 1.50. The zero-order chi connectivity index (χ0) is 57.1. The molecule has 2 bridgehead atoms. The number of carbonyl (C=O) groups excluding carboxylic acids is 6. The number of hydrogen-bond acceptors (Lipinski definition) is 12. The third kappa shape index (κ3) is 19.1. The van der Waals surface area contributed by atoms with Gasteiger partial charge in [-0.2, -0.15) is 0 Å². The number of ether oxygens (including phenoxy) is 1. The van der Waals surface area contributed by atoms with Crippen molar-refractivity contribution in [2.45, 2.75) is 201 Å². The van der Waals surface area contributed by atoms with Gasteiger partial charge in [0.25, 0.3) is 5.91 Å². The van der Waals surface area contributed by atoms with Crippen LogP contribution in [0.4, 0.5) is 4.39 Å². The fourth-order valence-corrected chi connectivity index (χ4v) is 10.7. The van der Waals surface area contributed by atoms with Gasteiger partial charge < -0.3 is 45.9 Å². The van der Waals surface area contributed by atoms with Crippen LogP contribution in [0.2, 0.25) is 0 Å². The Bertz CT molecular complexity index is 2250. The van der Waals surface area contributed by atoms with Crippen LogP contribution in [-0.2, 0) is 39.9 Å². The summed E-state index contributed by atoms with van der Waals surface area (Å²) in [6.45, 7) is 18.2. The fourth-order valence-electron chi connectivity index (χ4n) is 10.7. The van der Waals surface area contributed by atoms with Crippen LogP contribution in [0.1, 0.15) is 152 Å². The number of hydrazine groups is 1. The van der Waals surface area contributed by atoms with Crippen LogP contribution >= 0.6 is 0 Å². The Labute approximate surface area is 457 Å². The Kier molecular flexibility index (Phi) is 25.9. The van der Waals surface area contributed by atoms with Crippen molar-refractivity contribution >= 4 is 35.4 Å². The monoisotopic (exact) mass is 1080 g/mol. The third-order valence-electron chi connectivity index (χ3n) is 16.3. The first-order chi connectivity index (χ1) is 36.4. The van der Waals surface area contributed by atoms with Crippen molar-refractivity contribution in [3.63, 3.8) is 0 Å². The standard InChI is InChI=1S/C60H92FN5O11/c1-11-45-33-41(8)60(76,64-55(45)71)43(10)53(69)40(7)28-31-50(68)37(4)21-16-14-17-22-38(5)51-27-18-13-12-15-23-39(6)54(70)47(30-29-42(9)67)56(72)63-52(36(2)3)57(73)62-49(35-44-24-19-25-46(61)34-44)58(74)66-32-20-26-48(65-66)59(75)77-51/h12-15,17-19,22,24-25,34,36-37,39-41,43,45,47-54,65,68-70,76H,11,16,20-21,23,26-33,35H2,1-10H3,(H,62,73)(H,63,72)(H,64,71)/b15-12+,17-14+,18-13+,38-22+/t37?,39?,40?,41-,43?,45?,47?,48?,49?,50?,51-,52?,53?,54?,60+/m0/s1. The Morgan fingerprint density at radius 3 is 2.30 bits per heavy atom. The predicted molar refractivity (Wildman–Crippen MR) is 294 cm³/mol. The number of halogens is 1. The zero-order valence-electron chi connectivity index (χ0n) is 47.4. The summed E-state index contributed by atoms with van der Waals surface area (Å²) in [5, 5.41) is 55.2. The molecule has 17 heteroatoms. The van der Waals surface area contributed by atoms with Gasteiger partial charge in [-0.1, -0.05) is 110 Å². The molecule has 0 aromatic heterocycles. The molecule has 0 radical (unpaired) electrons. The molecular weight excluding hydrogens is 986 g/mol. The third-order valence-corrected chi connectivity index (χ3v) is 16.3. The fraction of sp³-hybridized carbons (Fsp3) is 0.667. The first-order valence-corrected chi connectivity index (χ1v) is 28.2. The van der Waals surface area contributed by atoms with E-state index in [1.807, 2.05) is 77.2 Å². The SMILES string of the molecule is CCC1C[C@H](C)[C@@](O)(C(C)C(O)C(C)CCC(O)C(C)CC/C=C/C=C(\C)[C@@H]2C/C=C/C=C/CC(C)C(O)C(CCC(C)=O)C(=O)NC(C(C)C)C(=O)NC(Cc3cccc(F)c3)C(=O)N3CCCC(N3)C(=O)O2)NC1=O. The molecular formula is C60H92FN5O11. The number of cyclic esters (lactones) is 1. The first-order valence-electron chi connectivity index (χ1n) is 28.2. The highest BCUT2D eigenvalue weighted by Gasteiger charge is 2.49. The second kappa shape index (κ2) is 30.9. The van der Waals surface area contributed by atoms with Gasteiger partial charge in [0.05, 0.1) is 24.2 Å². The number of Topliss-reactive ketones (excluding diaryl/α,β-unsaturated/α-hetero) is 1. The Hall–Kier alpha value is -5.07. The normalized spacial score (nSPS) is 30.6. The molecule has 4 rings (SSSR count). The first kappa shape index (κ1) is 64.5. The molecule has 1 aromatic rings. The van der Waals surface area contributed by atoms with Crippen LogP contribution in [0.5, 0.6) is 0 Å². The number of ketones is 1. The Morgan fingerprint density at radius 2 is 1.64 bits per heavy atom. The largest absolute Gasteiger partial charge is 0.456 e. The lowest BCUT2D eigenvalue weighted by Gasteiger charge is -2.47. The number of rotatable bonds is 19. The number of amides is 4. The van der Waals surface area contributed by atoms with Gasteiger partial charge in [0.15, 0.2) is 0 Å². The summed E-state index contributed by atoms with van der Waals surface area (Å²) in [5.41, 5.74) is 2.69. The van der Waals surface area contributed by atoms with Crippen molar-refractivity contribution in [2.24, 2.45) is 47.3 Å². The van der Waals surface area contributed by atoms with Gasteiger partial charge >= 0.3 is 5.97 Å². The van der Waals surface area contributed by atoms with Gasteiger partial charge in [-0.05, 0) is 125 Å². The van der Waals surface area contributed by atoms with Gasteiger partial charge in [0.2, 0.25) is 17.7 Å². The molecule has 12 unspecified atom stereocenters. The van der Waals surface area contributed by atoms with Crippen LogP contribution in [0, 0.1) is 53.2 Å². The predicted octanol–water partition coefficient (Wildman–Crippen LogP) is 6.85. The second-order valence-corrected chi connectivity index (χ2v) is 22.9. The minimum Gasteiger partial charge on any atom is -0.456 e. The molecule has 3 aliphatic heterocycles. The molecule has 0 aliphatic carbocycles. The number of piperidine rings is 1. The molecule has 0 saturated carbocycles. The molecule has 1 aromatic carbocycles. The van der Waals surface area contributed by atoms with Gasteiger partial charge in [0, 0.05) is 43.6 Å². The summed E-state index contributed by atoms with van der Waals surface area (Å²) in [7, 11) is 0. The minimum atomic E-state index is -1.52. The van der Waals surface area contributed by atoms with E-state index in [9.17, 15) is 53.6 Å². The van der Waals surface area contributed by atoms with Crippen LogP contribution < -0.4 is 21.4 Å². The van der Waals surface area contributed by atoms with E-state index in [1.54, 1.807) is 33.8 Å². The average Bonchev–Trinajstić information content (AvgIpc) is 3.39. The van der Waals surface area contributed by atoms with Crippen LogP contribution in [0.3, 0.4) is 0 Å². The molecule has 2 saturated heterocycles. The van der Waals surface area contributed by atoms with Crippen molar-refractivity contribution in [1.29, 1.82) is 0 Å². The highest BCUT2D eigenvalue weighted by Crippen LogP contribution is 2.38. The molecule has 0 spiro atoms. The van der Waals surface area contributed by atoms with E-state index in [4.69, 9.17) is 4.74 Å². The molecule has 2 fully saturated rings. The molecule has 77 heavy (non-hydrogen) atoms. The number of aliphatic hydroxyl groups is 4. The minimum absolute atomic E-state index is 0.0387. The van der Waals surface area contributed by atoms with E-state index in [0.717, 1.165) is 5.57 Å². The van der Waals surface area contributed by atoms with Crippen LogP contribution in [0.25, 0.3) is 0 Å². The van der Waals surface area contributed by atoms with Gasteiger partial charge in [-0.25, -0.2) is 9.82 Å². The van der Waals surface area contributed by atoms with E-state index in [0.29, 0.717) is 69.8 Å². The summed E-state index contributed by atoms with van der Waals surface area (Å²) in [6.07, 6.45) is 14.7. The second-order valence-electron chi connectivity index (χ2n) is 22.9. The number of allylic oxidation sites excluding steroid dienone is 6. The Morgan fingerprint density at radius 1 is 0.935 bits per heavy atom. The van der Waals surface area contributed by atoms with E-state index in [2.05, 4.69) is 21.4 Å². The average molecular weight is 1080 g/mol. The van der Waals surface area contributed by atoms with Gasteiger partial charge in [-0.15, -0.1) is 0 Å². The van der Waals surface area contributed by atoms with Crippen molar-refractivity contribution in [3.05, 3.63) is 83.8 Å². The van der Waals surface area contributed by atoms with E-state index in [1.165, 1.54) is 30.1 Å². The smallest absolute Gasteiger partial charge is 0.325 e. The van der Waals surface area contributed by atoms with Gasteiger partial charge in [0.1, 0.15) is 41.6 Å². The van der Waals surface area contributed by atoms with E-state index < -0.39 is 101 Å². The van der Waals surface area contributed by atoms with Crippen molar-refractivity contribution < 1.29 is 58.3 Å². The molecule has 3 aliphatic rings. The zero-order valence-corrected chi connectivity index (χ0v) is 47.4. The van der Waals surface area contributed by atoms with Crippen molar-refractivity contribution in [1.82, 2.24) is 26.4 Å². The van der Waals surface area contributed by atoms with E-state index in [-0.39, 0.29) is 61.2 Å². The number of aliphatic hydroxyl groups excluding tert-OH is 3. The van der Waals surface area contributed by atoms with Crippen molar-refractivity contribution in [3.8, 4) is 0 Å². The molecule has 8 N–H and O–H groups in total. The number of nitrogens with zero attached hydrogens (tertiary/aromatic N) is 1. The lowest BCUT2D eigenvalue weighted by molar-refractivity contribution is -0.170. The maximum Gasteiger partial charge on any atom is 0.325 e. The summed E-state index contributed by atoms with van der Waals surface area (Å²) in [6, 6.07) is 2.35. The van der Waals surface area contributed by atoms with Crippen LogP contribution in [-0.4, -0.2) is 116 Å². The number of hydrogen-bond donors (Lipinski definition) is 8. The number of esters is 1. The lowest BCUT2D eigenvalue weighted by Crippen LogP contribution is -2.65. The summed E-state index contributed by atoms with van der Waals surface area (Å²) in [4.78, 5) is 81.5. The molecule has 4 amide bonds. The molecule has 430 valence electrons.